The van der Waals surface area contributed by atoms with Crippen LogP contribution in [0.25, 0.3) is 16.6 Å². The second-order valence-corrected chi connectivity index (χ2v) is 24.3. The Kier molecular flexibility index (Phi) is 12.9. The standard InChI is InChI=1S/C49H59ClN7O6PS/c1-49(2)17-13-36(41(30-49)34-5-7-37(50)8-6-34)32-55-19-21-56(22-20-55)38-9-11-40(43(28-38)57-23-26-63-48-44(57)27-35-14-18-51-46(35)53-48)47(58)54-65(60,61)39-10-12-42(45(29-39)64(3,4)59)52-31-33-15-24-62-25-16-33/h5-12,14,18,27-29,33,52H,13,15-17,19-26,30-32H2,1-4H3,(H,51,53)(H,54,58). The summed E-state index contributed by atoms with van der Waals surface area (Å²) in [5, 5.41) is 5.45. The molecule has 0 saturated carbocycles. The number of benzene rings is 3. The Morgan fingerprint density at radius 3 is 2.46 bits per heavy atom. The minimum absolute atomic E-state index is 0.138. The zero-order valence-corrected chi connectivity index (χ0v) is 40.1. The Morgan fingerprint density at radius 2 is 1.71 bits per heavy atom. The van der Waals surface area contributed by atoms with Gasteiger partial charge in [0.15, 0.2) is 0 Å². The fourth-order valence-corrected chi connectivity index (χ4v) is 12.0. The molecule has 0 unspecified atom stereocenters. The van der Waals surface area contributed by atoms with Crippen molar-refractivity contribution in [2.45, 2.75) is 50.8 Å². The number of piperazine rings is 1. The summed E-state index contributed by atoms with van der Waals surface area (Å²) in [4.78, 5) is 29.0. The zero-order valence-electron chi connectivity index (χ0n) is 37.7. The van der Waals surface area contributed by atoms with E-state index in [0.29, 0.717) is 72.7 Å². The first-order valence-corrected chi connectivity index (χ1v) is 27.1. The number of aromatic nitrogens is 2. The van der Waals surface area contributed by atoms with E-state index < -0.39 is 23.1 Å². The molecule has 1 amide bonds. The number of nitrogens with zero attached hydrogens (tertiary/aromatic N) is 4. The van der Waals surface area contributed by atoms with Gasteiger partial charge in [0.2, 0.25) is 5.88 Å². The van der Waals surface area contributed by atoms with Crippen LogP contribution in [0.15, 0.2) is 89.5 Å². The van der Waals surface area contributed by atoms with Gasteiger partial charge in [-0.1, -0.05) is 43.2 Å². The average Bonchev–Trinajstić information content (AvgIpc) is 3.75. The molecule has 9 rings (SSSR count). The Morgan fingerprint density at radius 1 is 0.938 bits per heavy atom. The summed E-state index contributed by atoms with van der Waals surface area (Å²) < 4.78 is 55.7. The van der Waals surface area contributed by atoms with Crippen LogP contribution in [-0.2, 0) is 19.3 Å². The van der Waals surface area contributed by atoms with Crippen molar-refractivity contribution >= 4 is 79.3 Å². The van der Waals surface area contributed by atoms with Crippen molar-refractivity contribution in [2.75, 3.05) is 94.1 Å². The number of hydrogen-bond acceptors (Lipinski definition) is 11. The van der Waals surface area contributed by atoms with Gasteiger partial charge in [0.25, 0.3) is 15.9 Å². The zero-order chi connectivity index (χ0) is 45.5. The van der Waals surface area contributed by atoms with Crippen LogP contribution < -0.4 is 29.9 Å². The van der Waals surface area contributed by atoms with Crippen LogP contribution in [0.3, 0.4) is 0 Å². The number of hydrogen-bond donors (Lipinski definition) is 3. The van der Waals surface area contributed by atoms with E-state index in [9.17, 15) is 17.8 Å². The van der Waals surface area contributed by atoms with Gasteiger partial charge in [0.1, 0.15) is 25.1 Å². The first-order valence-electron chi connectivity index (χ1n) is 22.7. The van der Waals surface area contributed by atoms with Crippen molar-refractivity contribution in [3.63, 3.8) is 0 Å². The van der Waals surface area contributed by atoms with Crippen molar-refractivity contribution in [3.8, 4) is 5.88 Å². The molecular weight excluding hydrogens is 881 g/mol. The van der Waals surface area contributed by atoms with E-state index in [1.807, 2.05) is 47.5 Å². The average molecular weight is 941 g/mol. The van der Waals surface area contributed by atoms with E-state index >= 15 is 0 Å². The maximum Gasteiger partial charge on any atom is 0.267 e. The van der Waals surface area contributed by atoms with Crippen molar-refractivity contribution in [1.29, 1.82) is 0 Å². The molecule has 0 spiro atoms. The highest BCUT2D eigenvalue weighted by Crippen LogP contribution is 2.44. The lowest BCUT2D eigenvalue weighted by Crippen LogP contribution is -2.47. The molecular formula is C49H59ClN7O6PS. The summed E-state index contributed by atoms with van der Waals surface area (Å²) in [6.07, 6.45) is 6.91. The van der Waals surface area contributed by atoms with Gasteiger partial charge in [-0.15, -0.1) is 0 Å². The largest absolute Gasteiger partial charge is 0.474 e. The van der Waals surface area contributed by atoms with Crippen LogP contribution in [0, 0.1) is 11.3 Å². The second-order valence-electron chi connectivity index (χ2n) is 19.0. The van der Waals surface area contributed by atoms with Crippen LogP contribution in [0.5, 0.6) is 5.88 Å². The van der Waals surface area contributed by atoms with Gasteiger partial charge in [0.05, 0.1) is 22.7 Å². The monoisotopic (exact) mass is 939 g/mol. The summed E-state index contributed by atoms with van der Waals surface area (Å²) >= 11 is 6.28. The Bertz CT molecular complexity index is 2770. The number of H-pyrrole nitrogens is 1. The number of anilines is 4. The summed E-state index contributed by atoms with van der Waals surface area (Å²) in [7, 11) is -7.35. The molecule has 4 aliphatic rings. The second kappa shape index (κ2) is 18.4. The number of ether oxygens (including phenoxy) is 2. The number of fused-ring (bicyclic) bond motifs is 2. The SMILES string of the molecule is CC1(C)CCC(CN2CCN(c3ccc(C(=O)NS(=O)(=O)c4ccc(NCC5CCOCC5)c(P(C)(C)=O)c4)c(N4CCOc5nc6[nH]ccc6cc54)c3)CC2)=C(c2ccc(Cl)cc2)C1. The number of nitrogens with one attached hydrogen (secondary N) is 3. The summed E-state index contributed by atoms with van der Waals surface area (Å²) in [6.45, 7) is 14.9. The number of carbonyl (C=O) groups is 1. The number of sulfonamides is 1. The molecule has 16 heteroatoms. The quantitative estimate of drug-likeness (QED) is 0.103. The van der Waals surface area contributed by atoms with Crippen molar-refractivity contribution in [1.82, 2.24) is 19.6 Å². The minimum Gasteiger partial charge on any atom is -0.474 e. The van der Waals surface area contributed by atoms with E-state index in [0.717, 1.165) is 80.9 Å². The molecule has 13 nitrogen and oxygen atoms in total. The minimum atomic E-state index is -4.40. The van der Waals surface area contributed by atoms with E-state index in [4.69, 9.17) is 26.1 Å². The Balaban J connectivity index is 0.982. The summed E-state index contributed by atoms with van der Waals surface area (Å²) in [5.41, 5.74) is 8.07. The van der Waals surface area contributed by atoms with Gasteiger partial charge < -0.3 is 34.1 Å². The molecule has 3 aliphatic heterocycles. The highest BCUT2D eigenvalue weighted by Gasteiger charge is 2.32. The van der Waals surface area contributed by atoms with E-state index in [-0.39, 0.29) is 15.9 Å². The molecule has 5 heterocycles. The van der Waals surface area contributed by atoms with E-state index in [2.05, 4.69) is 50.8 Å². The number of rotatable bonds is 12. The van der Waals surface area contributed by atoms with Gasteiger partial charge in [-0.3, -0.25) is 9.69 Å². The Hall–Kier alpha value is -4.85. The number of allylic oxidation sites excluding steroid dienone is 1. The van der Waals surface area contributed by atoms with Gasteiger partial charge in [-0.2, -0.15) is 4.98 Å². The van der Waals surface area contributed by atoms with Crippen molar-refractivity contribution in [2.24, 2.45) is 11.3 Å². The molecule has 344 valence electrons. The summed E-state index contributed by atoms with van der Waals surface area (Å²) in [5.74, 6) is 0.0389. The van der Waals surface area contributed by atoms with Crippen LogP contribution in [0.2, 0.25) is 5.02 Å². The van der Waals surface area contributed by atoms with Crippen molar-refractivity contribution in [3.05, 3.63) is 101 Å². The molecule has 3 N–H and O–H groups in total. The predicted molar refractivity (Wildman–Crippen MR) is 262 cm³/mol. The molecule has 3 aromatic carbocycles. The number of halogens is 1. The molecule has 0 atom stereocenters. The first-order chi connectivity index (χ1) is 31.1. The molecule has 2 fully saturated rings. The van der Waals surface area contributed by atoms with E-state index in [1.54, 1.807) is 25.5 Å². The maximum absolute atomic E-state index is 14.4. The third-order valence-corrected chi connectivity index (χ3v) is 16.5. The van der Waals surface area contributed by atoms with Gasteiger partial charge in [-0.25, -0.2) is 13.1 Å². The fraction of sp³-hybridized carbons (Fsp3) is 0.429. The normalized spacial score (nSPS) is 18.7. The topological polar surface area (TPSA) is 149 Å². The molecule has 5 aromatic rings. The van der Waals surface area contributed by atoms with Gasteiger partial charge in [0, 0.05) is 85.8 Å². The highest BCUT2D eigenvalue weighted by atomic mass is 35.5. The lowest BCUT2D eigenvalue weighted by atomic mass is 9.72. The van der Waals surface area contributed by atoms with Crippen LogP contribution >= 0.6 is 18.7 Å². The number of amides is 1. The lowest BCUT2D eigenvalue weighted by Gasteiger charge is -2.39. The van der Waals surface area contributed by atoms with Gasteiger partial charge >= 0.3 is 0 Å². The lowest BCUT2D eigenvalue weighted by molar-refractivity contribution is 0.0699. The molecule has 1 aliphatic carbocycles. The maximum atomic E-state index is 14.4. The summed E-state index contributed by atoms with van der Waals surface area (Å²) in [6, 6.07) is 22.3. The van der Waals surface area contributed by atoms with E-state index in [1.165, 1.54) is 28.8 Å². The number of carbonyl (C=O) groups excluding carboxylic acids is 1. The molecule has 2 aromatic heterocycles. The van der Waals surface area contributed by atoms with Gasteiger partial charge in [-0.05, 0) is 129 Å². The third-order valence-electron chi connectivity index (χ3n) is 13.4. The number of aromatic amines is 1. The fourth-order valence-electron chi connectivity index (χ4n) is 9.60. The number of pyridine rings is 1. The first kappa shape index (κ1) is 45.3. The molecule has 0 radical (unpaired) electrons. The molecule has 2 saturated heterocycles. The third kappa shape index (κ3) is 10.1. The van der Waals surface area contributed by atoms with Crippen molar-refractivity contribution < 1.29 is 27.3 Å². The predicted octanol–water partition coefficient (Wildman–Crippen LogP) is 8.74. The highest BCUT2D eigenvalue weighted by molar-refractivity contribution is 7.90. The molecule has 0 bridgehead atoms. The Labute approximate surface area is 387 Å². The van der Waals surface area contributed by atoms with Crippen LogP contribution in [0.4, 0.5) is 22.7 Å². The molecule has 65 heavy (non-hydrogen) atoms. The smallest absolute Gasteiger partial charge is 0.267 e. The van der Waals surface area contributed by atoms with Crippen LogP contribution in [0.1, 0.15) is 61.9 Å². The van der Waals surface area contributed by atoms with Crippen LogP contribution in [-0.4, -0.2) is 108 Å².